The summed E-state index contributed by atoms with van der Waals surface area (Å²) in [6.45, 7) is 0.233. The number of halogens is 2. The molecule has 1 aromatic rings. The Balaban J connectivity index is 1.98. The van der Waals surface area contributed by atoms with Crippen molar-refractivity contribution in [2.75, 3.05) is 6.61 Å². The third kappa shape index (κ3) is 3.62. The van der Waals surface area contributed by atoms with Crippen molar-refractivity contribution in [1.29, 1.82) is 0 Å². The third-order valence-electron chi connectivity index (χ3n) is 3.63. The molecule has 0 atom stereocenters. The van der Waals surface area contributed by atoms with Gasteiger partial charge in [-0.25, -0.2) is 0 Å². The molecule has 2 N–H and O–H groups in total. The number of carbonyl (C=O) groups excluding carboxylic acids is 1. The van der Waals surface area contributed by atoms with Crippen molar-refractivity contribution in [3.05, 3.63) is 33.8 Å². The summed E-state index contributed by atoms with van der Waals surface area (Å²) >= 11 is 12.0. The van der Waals surface area contributed by atoms with Crippen LogP contribution in [0.3, 0.4) is 0 Å². The number of rotatable bonds is 3. The Morgan fingerprint density at radius 2 is 1.79 bits per heavy atom. The summed E-state index contributed by atoms with van der Waals surface area (Å²) in [5.41, 5.74) is 0.343. The molecule has 0 radical (unpaired) electrons. The van der Waals surface area contributed by atoms with Crippen molar-refractivity contribution < 1.29 is 9.90 Å². The second-order valence-electron chi connectivity index (χ2n) is 4.97. The Morgan fingerprint density at radius 3 is 2.32 bits per heavy atom. The van der Waals surface area contributed by atoms with Gasteiger partial charge in [0, 0.05) is 12.6 Å². The molecule has 1 aliphatic rings. The van der Waals surface area contributed by atoms with E-state index in [1.54, 1.807) is 18.2 Å². The van der Waals surface area contributed by atoms with Gasteiger partial charge in [0.25, 0.3) is 5.91 Å². The van der Waals surface area contributed by atoms with Crippen LogP contribution >= 0.6 is 23.2 Å². The predicted octanol–water partition coefficient (Wildman–Crippen LogP) is 3.27. The summed E-state index contributed by atoms with van der Waals surface area (Å²) in [6, 6.07) is 5.17. The van der Waals surface area contributed by atoms with Crippen LogP contribution < -0.4 is 5.32 Å². The quantitative estimate of drug-likeness (QED) is 0.900. The molecule has 0 heterocycles. The second-order valence-corrected chi connectivity index (χ2v) is 5.78. The zero-order chi connectivity index (χ0) is 13.8. The highest BCUT2D eigenvalue weighted by atomic mass is 35.5. The first-order valence-electron chi connectivity index (χ1n) is 6.47. The highest BCUT2D eigenvalue weighted by Gasteiger charge is 2.23. The molecule has 0 spiro atoms. The molecule has 1 saturated carbocycles. The van der Waals surface area contributed by atoms with Gasteiger partial charge in [0.2, 0.25) is 0 Å². The van der Waals surface area contributed by atoms with Gasteiger partial charge in [-0.2, -0.15) is 0 Å². The van der Waals surface area contributed by atoms with Gasteiger partial charge in [0.05, 0.1) is 15.6 Å². The fourth-order valence-corrected chi connectivity index (χ4v) is 3.03. The molecule has 0 aliphatic heterocycles. The average Bonchev–Trinajstić information content (AvgIpc) is 2.39. The molecule has 0 bridgehead atoms. The number of carbonyl (C=O) groups is 1. The Kier molecular flexibility index (Phi) is 5.08. The Hall–Kier alpha value is -0.770. The lowest BCUT2D eigenvalue weighted by atomic mass is 9.86. The fraction of sp³-hybridized carbons (Fsp3) is 0.500. The normalized spacial score (nSPS) is 23.1. The van der Waals surface area contributed by atoms with Crippen LogP contribution in [0.25, 0.3) is 0 Å². The average molecular weight is 302 g/mol. The molecule has 3 nitrogen and oxygen atoms in total. The smallest absolute Gasteiger partial charge is 0.254 e. The van der Waals surface area contributed by atoms with Crippen LogP contribution in [0.2, 0.25) is 10.0 Å². The third-order valence-corrected chi connectivity index (χ3v) is 4.26. The molecule has 1 fully saturated rings. The minimum absolute atomic E-state index is 0.141. The van der Waals surface area contributed by atoms with Crippen LogP contribution in [0.15, 0.2) is 18.2 Å². The van der Waals surface area contributed by atoms with Gasteiger partial charge in [-0.05, 0) is 43.7 Å². The molecule has 0 unspecified atom stereocenters. The zero-order valence-corrected chi connectivity index (χ0v) is 12.0. The van der Waals surface area contributed by atoms with Crippen molar-refractivity contribution in [3.8, 4) is 0 Å². The zero-order valence-electron chi connectivity index (χ0n) is 10.5. The second kappa shape index (κ2) is 6.60. The van der Waals surface area contributed by atoms with Crippen molar-refractivity contribution >= 4 is 29.1 Å². The van der Waals surface area contributed by atoms with Crippen molar-refractivity contribution in [1.82, 2.24) is 5.32 Å². The SMILES string of the molecule is O=C(NC1CCC(CO)CC1)c1c(Cl)cccc1Cl. The van der Waals surface area contributed by atoms with Gasteiger partial charge >= 0.3 is 0 Å². The van der Waals surface area contributed by atoms with E-state index in [0.29, 0.717) is 21.5 Å². The summed E-state index contributed by atoms with van der Waals surface area (Å²) in [6.07, 6.45) is 3.66. The number of aliphatic hydroxyl groups excluding tert-OH is 1. The standard InChI is InChI=1S/C14H17Cl2NO2/c15-11-2-1-3-12(16)13(11)14(19)17-10-6-4-9(8-18)5-7-10/h1-3,9-10,18H,4-8H2,(H,17,19). The molecule has 1 aromatic carbocycles. The molecular formula is C14H17Cl2NO2. The van der Waals surface area contributed by atoms with E-state index in [1.165, 1.54) is 0 Å². The topological polar surface area (TPSA) is 49.3 Å². The molecule has 1 amide bonds. The van der Waals surface area contributed by atoms with Crippen LogP contribution in [-0.2, 0) is 0 Å². The van der Waals surface area contributed by atoms with E-state index in [9.17, 15) is 4.79 Å². The minimum Gasteiger partial charge on any atom is -0.396 e. The van der Waals surface area contributed by atoms with Crippen LogP contribution in [0.1, 0.15) is 36.0 Å². The summed E-state index contributed by atoms with van der Waals surface area (Å²) < 4.78 is 0. The van der Waals surface area contributed by atoms with E-state index in [-0.39, 0.29) is 18.6 Å². The Bertz CT molecular complexity index is 437. The molecule has 19 heavy (non-hydrogen) atoms. The Labute approximate surface area is 122 Å². The summed E-state index contributed by atoms with van der Waals surface area (Å²) in [5, 5.41) is 12.8. The van der Waals surface area contributed by atoms with Gasteiger partial charge in [0.1, 0.15) is 0 Å². The van der Waals surface area contributed by atoms with E-state index in [1.807, 2.05) is 0 Å². The first-order valence-corrected chi connectivity index (χ1v) is 7.23. The lowest BCUT2D eigenvalue weighted by Gasteiger charge is -2.28. The van der Waals surface area contributed by atoms with Crippen molar-refractivity contribution in [3.63, 3.8) is 0 Å². The van der Waals surface area contributed by atoms with Gasteiger partial charge in [-0.1, -0.05) is 29.3 Å². The number of nitrogens with one attached hydrogen (secondary N) is 1. The van der Waals surface area contributed by atoms with E-state index >= 15 is 0 Å². The summed E-state index contributed by atoms with van der Waals surface area (Å²) in [7, 11) is 0. The van der Waals surface area contributed by atoms with Crippen molar-refractivity contribution in [2.45, 2.75) is 31.7 Å². The number of benzene rings is 1. The molecule has 0 aromatic heterocycles. The fourth-order valence-electron chi connectivity index (χ4n) is 2.46. The molecule has 1 aliphatic carbocycles. The summed E-state index contributed by atoms with van der Waals surface area (Å²) in [5.74, 6) is 0.153. The van der Waals surface area contributed by atoms with Crippen LogP contribution in [0, 0.1) is 5.92 Å². The van der Waals surface area contributed by atoms with E-state index in [0.717, 1.165) is 25.7 Å². The molecule has 2 rings (SSSR count). The molecule has 5 heteroatoms. The maximum Gasteiger partial charge on any atom is 0.254 e. The predicted molar refractivity (Wildman–Crippen MR) is 76.8 cm³/mol. The van der Waals surface area contributed by atoms with Gasteiger partial charge in [-0.15, -0.1) is 0 Å². The monoisotopic (exact) mass is 301 g/mol. The van der Waals surface area contributed by atoms with Gasteiger partial charge in [-0.3, -0.25) is 4.79 Å². The number of aliphatic hydroxyl groups is 1. The number of hydrogen-bond donors (Lipinski definition) is 2. The van der Waals surface area contributed by atoms with Gasteiger partial charge < -0.3 is 10.4 Å². The number of amides is 1. The Morgan fingerprint density at radius 1 is 1.21 bits per heavy atom. The lowest BCUT2D eigenvalue weighted by molar-refractivity contribution is 0.0914. The van der Waals surface area contributed by atoms with Crippen LogP contribution in [0.4, 0.5) is 0 Å². The van der Waals surface area contributed by atoms with Gasteiger partial charge in [0.15, 0.2) is 0 Å². The van der Waals surface area contributed by atoms with E-state index in [2.05, 4.69) is 5.32 Å². The summed E-state index contributed by atoms with van der Waals surface area (Å²) in [4.78, 5) is 12.2. The highest BCUT2D eigenvalue weighted by molar-refractivity contribution is 6.39. The maximum atomic E-state index is 12.2. The van der Waals surface area contributed by atoms with Crippen LogP contribution in [-0.4, -0.2) is 23.7 Å². The first kappa shape index (κ1) is 14.6. The highest BCUT2D eigenvalue weighted by Crippen LogP contribution is 2.27. The first-order chi connectivity index (χ1) is 9.11. The molecular weight excluding hydrogens is 285 g/mol. The van der Waals surface area contributed by atoms with E-state index < -0.39 is 0 Å². The molecule has 0 saturated heterocycles. The minimum atomic E-state index is -0.219. The van der Waals surface area contributed by atoms with Crippen LogP contribution in [0.5, 0.6) is 0 Å². The van der Waals surface area contributed by atoms with Crippen molar-refractivity contribution in [2.24, 2.45) is 5.92 Å². The largest absolute Gasteiger partial charge is 0.396 e. The number of hydrogen-bond acceptors (Lipinski definition) is 2. The maximum absolute atomic E-state index is 12.2. The van der Waals surface area contributed by atoms with E-state index in [4.69, 9.17) is 28.3 Å². The lowest BCUT2D eigenvalue weighted by Crippen LogP contribution is -2.38. The molecule has 104 valence electrons.